The molecule has 2 aromatic rings. The van der Waals surface area contributed by atoms with Crippen LogP contribution in [0.25, 0.3) is 11.0 Å². The first-order valence-corrected chi connectivity index (χ1v) is 6.27. The molecule has 0 unspecified atom stereocenters. The molecular weight excluding hydrogens is 230 g/mol. The average Bonchev–Trinajstić information content (AvgIpc) is 3.05. The van der Waals surface area contributed by atoms with E-state index in [0.29, 0.717) is 11.1 Å². The average molecular weight is 245 g/mol. The van der Waals surface area contributed by atoms with Crippen molar-refractivity contribution >= 4 is 16.9 Å². The van der Waals surface area contributed by atoms with Gasteiger partial charge in [-0.25, -0.2) is 5.48 Å². The summed E-state index contributed by atoms with van der Waals surface area (Å²) in [5, 5.41) is 0.810. The van der Waals surface area contributed by atoms with Crippen LogP contribution in [0.15, 0.2) is 34.9 Å². The number of nitrogens with one attached hydrogen (secondary N) is 1. The Morgan fingerprint density at radius 1 is 1.28 bits per heavy atom. The lowest BCUT2D eigenvalue weighted by Crippen LogP contribution is -2.28. The van der Waals surface area contributed by atoms with Crippen molar-refractivity contribution in [2.24, 2.45) is 0 Å². The number of furan rings is 1. The monoisotopic (exact) mass is 245 g/mol. The van der Waals surface area contributed by atoms with Crippen molar-refractivity contribution in [2.75, 3.05) is 0 Å². The van der Waals surface area contributed by atoms with Crippen molar-refractivity contribution in [3.8, 4) is 0 Å². The molecular formula is C14H15NO3. The van der Waals surface area contributed by atoms with E-state index in [9.17, 15) is 4.79 Å². The van der Waals surface area contributed by atoms with Crippen molar-refractivity contribution in [1.82, 2.24) is 5.48 Å². The van der Waals surface area contributed by atoms with Crippen LogP contribution in [0, 0.1) is 0 Å². The van der Waals surface area contributed by atoms with Crippen LogP contribution in [0.5, 0.6) is 0 Å². The third-order valence-electron chi connectivity index (χ3n) is 3.35. The van der Waals surface area contributed by atoms with Crippen LogP contribution >= 0.6 is 0 Å². The summed E-state index contributed by atoms with van der Waals surface area (Å²) in [5.41, 5.74) is 3.75. The Bertz CT molecular complexity index is 555. The zero-order chi connectivity index (χ0) is 12.4. The molecule has 4 heteroatoms. The number of benzene rings is 1. The second kappa shape index (κ2) is 4.82. The zero-order valence-corrected chi connectivity index (χ0v) is 10.0. The number of carbonyl (C=O) groups excluding carboxylic acids is 1. The molecule has 1 saturated carbocycles. The van der Waals surface area contributed by atoms with Gasteiger partial charge in [-0.1, -0.05) is 31.0 Å². The molecule has 0 atom stereocenters. The first-order chi connectivity index (χ1) is 8.84. The molecule has 1 fully saturated rings. The van der Waals surface area contributed by atoms with Crippen LogP contribution in [0.2, 0.25) is 0 Å². The maximum Gasteiger partial charge on any atom is 0.278 e. The summed E-state index contributed by atoms with van der Waals surface area (Å²) in [4.78, 5) is 17.4. The largest absolute Gasteiger partial charge is 0.463 e. The van der Waals surface area contributed by atoms with Crippen molar-refractivity contribution in [3.63, 3.8) is 0 Å². The van der Waals surface area contributed by atoms with Gasteiger partial charge in [0.25, 0.3) is 5.91 Å². The maximum atomic E-state index is 12.0. The van der Waals surface area contributed by atoms with E-state index in [1.165, 1.54) is 19.1 Å². The molecule has 94 valence electrons. The van der Waals surface area contributed by atoms with Gasteiger partial charge >= 0.3 is 0 Å². The van der Waals surface area contributed by atoms with Crippen LogP contribution < -0.4 is 5.48 Å². The third-order valence-corrected chi connectivity index (χ3v) is 3.35. The first-order valence-electron chi connectivity index (χ1n) is 6.27. The summed E-state index contributed by atoms with van der Waals surface area (Å²) in [7, 11) is 0. The highest BCUT2D eigenvalue weighted by atomic mass is 16.7. The fraction of sp³-hybridized carbons (Fsp3) is 0.357. The van der Waals surface area contributed by atoms with E-state index in [4.69, 9.17) is 9.25 Å². The molecule has 0 spiro atoms. The molecule has 1 amide bonds. The van der Waals surface area contributed by atoms with E-state index < -0.39 is 0 Å². The number of hydrogen-bond donors (Lipinski definition) is 1. The van der Waals surface area contributed by atoms with E-state index in [2.05, 4.69) is 5.48 Å². The second-order valence-corrected chi connectivity index (χ2v) is 4.60. The minimum Gasteiger partial charge on any atom is -0.463 e. The maximum absolute atomic E-state index is 12.0. The lowest BCUT2D eigenvalue weighted by molar-refractivity contribution is -0.0124. The summed E-state index contributed by atoms with van der Waals surface area (Å²) in [6.45, 7) is 0. The molecule has 0 aliphatic heterocycles. The lowest BCUT2D eigenvalue weighted by atomic mass is 10.2. The minimum atomic E-state index is -0.244. The standard InChI is InChI=1S/C14H15NO3/c16-14(15-18-10-5-1-2-6-10)12-9-17-13-8-4-3-7-11(12)13/h3-4,7-10H,1-2,5-6H2,(H,15,16). The number of para-hydroxylation sites is 1. The Morgan fingerprint density at radius 2 is 2.06 bits per heavy atom. The Hall–Kier alpha value is -1.81. The molecule has 1 aromatic carbocycles. The quantitative estimate of drug-likeness (QED) is 0.845. The lowest BCUT2D eigenvalue weighted by Gasteiger charge is -2.10. The molecule has 0 bridgehead atoms. The van der Waals surface area contributed by atoms with Crippen molar-refractivity contribution < 1.29 is 14.0 Å². The molecule has 1 aromatic heterocycles. The zero-order valence-electron chi connectivity index (χ0n) is 10.0. The summed E-state index contributed by atoms with van der Waals surface area (Å²) >= 11 is 0. The highest BCUT2D eigenvalue weighted by molar-refractivity contribution is 6.05. The highest BCUT2D eigenvalue weighted by Crippen LogP contribution is 2.22. The molecule has 4 nitrogen and oxygen atoms in total. The number of hydroxylamine groups is 1. The fourth-order valence-electron chi connectivity index (χ4n) is 2.35. The molecule has 1 aliphatic rings. The number of carbonyl (C=O) groups is 1. The van der Waals surface area contributed by atoms with Crippen molar-refractivity contribution in [2.45, 2.75) is 31.8 Å². The topological polar surface area (TPSA) is 51.5 Å². The number of amides is 1. The number of fused-ring (bicyclic) bond motifs is 1. The first kappa shape index (κ1) is 11.3. The van der Waals surface area contributed by atoms with Crippen molar-refractivity contribution in [1.29, 1.82) is 0 Å². The smallest absolute Gasteiger partial charge is 0.278 e. The molecule has 1 N–H and O–H groups in total. The van der Waals surface area contributed by atoms with E-state index in [1.54, 1.807) is 0 Å². The van der Waals surface area contributed by atoms with Gasteiger partial charge in [0.05, 0.1) is 11.7 Å². The Balaban J connectivity index is 1.71. The molecule has 0 radical (unpaired) electrons. The molecule has 1 aliphatic carbocycles. The Kier molecular flexibility index (Phi) is 3.02. The SMILES string of the molecule is O=C(NOC1CCCC1)c1coc2ccccc12. The van der Waals surface area contributed by atoms with E-state index in [0.717, 1.165) is 18.2 Å². The molecule has 0 saturated heterocycles. The minimum absolute atomic E-state index is 0.159. The third kappa shape index (κ3) is 2.11. The van der Waals surface area contributed by atoms with Gasteiger partial charge in [0, 0.05) is 5.39 Å². The predicted molar refractivity (Wildman–Crippen MR) is 67.0 cm³/mol. The van der Waals surface area contributed by atoms with Crippen molar-refractivity contribution in [3.05, 3.63) is 36.1 Å². The summed E-state index contributed by atoms with van der Waals surface area (Å²) < 4.78 is 5.33. The molecule has 1 heterocycles. The van der Waals surface area contributed by atoms with Crippen LogP contribution in [0.4, 0.5) is 0 Å². The van der Waals surface area contributed by atoms with Crippen LogP contribution in [-0.4, -0.2) is 12.0 Å². The number of rotatable bonds is 3. The fourth-order valence-corrected chi connectivity index (χ4v) is 2.35. The Labute approximate surface area is 105 Å². The summed E-state index contributed by atoms with van der Waals surface area (Å²) in [6.07, 6.45) is 6.02. The summed E-state index contributed by atoms with van der Waals surface area (Å²) in [6, 6.07) is 7.46. The van der Waals surface area contributed by atoms with Gasteiger partial charge < -0.3 is 4.42 Å². The highest BCUT2D eigenvalue weighted by Gasteiger charge is 2.19. The van der Waals surface area contributed by atoms with Gasteiger partial charge in [-0.05, 0) is 18.9 Å². The second-order valence-electron chi connectivity index (χ2n) is 4.60. The van der Waals surface area contributed by atoms with Gasteiger partial charge in [-0.15, -0.1) is 0 Å². The van der Waals surface area contributed by atoms with Gasteiger partial charge in [-0.2, -0.15) is 0 Å². The van der Waals surface area contributed by atoms with Gasteiger partial charge in [0.15, 0.2) is 0 Å². The van der Waals surface area contributed by atoms with Gasteiger partial charge in [-0.3, -0.25) is 9.63 Å². The van der Waals surface area contributed by atoms with E-state index >= 15 is 0 Å². The number of hydrogen-bond acceptors (Lipinski definition) is 3. The van der Waals surface area contributed by atoms with Crippen LogP contribution in [0.1, 0.15) is 36.0 Å². The normalized spacial score (nSPS) is 16.2. The van der Waals surface area contributed by atoms with E-state index in [1.807, 2.05) is 24.3 Å². The van der Waals surface area contributed by atoms with Gasteiger partial charge in [0.2, 0.25) is 0 Å². The van der Waals surface area contributed by atoms with Gasteiger partial charge in [0.1, 0.15) is 11.8 Å². The van der Waals surface area contributed by atoms with Crippen LogP contribution in [-0.2, 0) is 4.84 Å². The Morgan fingerprint density at radius 3 is 2.89 bits per heavy atom. The summed E-state index contributed by atoms with van der Waals surface area (Å²) in [5.74, 6) is -0.244. The predicted octanol–water partition coefficient (Wildman–Crippen LogP) is 3.04. The van der Waals surface area contributed by atoms with Crippen LogP contribution in [0.3, 0.4) is 0 Å². The molecule has 18 heavy (non-hydrogen) atoms. The molecule has 3 rings (SSSR count). The van der Waals surface area contributed by atoms with E-state index in [-0.39, 0.29) is 12.0 Å².